The maximum atomic E-state index is 11.8. The van der Waals surface area contributed by atoms with Crippen molar-refractivity contribution in [2.75, 3.05) is 19.7 Å². The molecule has 1 heterocycles. The van der Waals surface area contributed by atoms with Crippen LogP contribution >= 0.6 is 12.4 Å². The predicted molar refractivity (Wildman–Crippen MR) is 35.9 cm³/mol. The van der Waals surface area contributed by atoms with Gasteiger partial charge in [0.15, 0.2) is 6.10 Å². The first-order chi connectivity index (χ1) is 4.61. The van der Waals surface area contributed by atoms with E-state index in [-0.39, 0.29) is 25.6 Å². The van der Waals surface area contributed by atoms with Gasteiger partial charge in [-0.25, -0.2) is 0 Å². The van der Waals surface area contributed by atoms with E-state index in [0.29, 0.717) is 6.54 Å². The Hall–Kier alpha value is -0.0000000000000000416. The average molecular weight is 192 g/mol. The van der Waals surface area contributed by atoms with E-state index in [9.17, 15) is 13.2 Å². The first-order valence-corrected chi connectivity index (χ1v) is 3.00. The standard InChI is InChI=1S/C5H8F3NO.ClH/c6-5(7,8)4-3-9-1-2-10-4;/h4,9H,1-3H2;1H/t4-;/m1./s1. The maximum absolute atomic E-state index is 11.8. The summed E-state index contributed by atoms with van der Waals surface area (Å²) in [7, 11) is 0. The second-order valence-corrected chi connectivity index (χ2v) is 2.11. The molecule has 0 amide bonds. The van der Waals surface area contributed by atoms with Crippen LogP contribution in [0.15, 0.2) is 0 Å². The molecular weight excluding hydrogens is 183 g/mol. The SMILES string of the molecule is Cl.FC(F)(F)[C@H]1CNCCO1. The fraction of sp³-hybridized carbons (Fsp3) is 1.00. The number of ether oxygens (including phenoxy) is 1. The van der Waals surface area contributed by atoms with E-state index in [1.807, 2.05) is 0 Å². The number of rotatable bonds is 0. The molecule has 2 nitrogen and oxygen atoms in total. The van der Waals surface area contributed by atoms with Crippen LogP contribution in [0.2, 0.25) is 0 Å². The van der Waals surface area contributed by atoms with Crippen LogP contribution in [0.5, 0.6) is 0 Å². The molecule has 0 saturated carbocycles. The zero-order chi connectivity index (χ0) is 7.61. The van der Waals surface area contributed by atoms with Gasteiger partial charge < -0.3 is 10.1 Å². The molecule has 0 radical (unpaired) electrons. The lowest BCUT2D eigenvalue weighted by atomic mass is 10.3. The lowest BCUT2D eigenvalue weighted by molar-refractivity contribution is -0.224. The van der Waals surface area contributed by atoms with Crippen LogP contribution in [0.4, 0.5) is 13.2 Å². The molecule has 0 bridgehead atoms. The lowest BCUT2D eigenvalue weighted by Gasteiger charge is -2.25. The lowest BCUT2D eigenvalue weighted by Crippen LogP contribution is -2.46. The molecule has 0 aromatic rings. The number of nitrogens with one attached hydrogen (secondary N) is 1. The van der Waals surface area contributed by atoms with Gasteiger partial charge in [-0.1, -0.05) is 0 Å². The number of halogens is 4. The van der Waals surface area contributed by atoms with Crippen molar-refractivity contribution in [3.8, 4) is 0 Å². The summed E-state index contributed by atoms with van der Waals surface area (Å²) >= 11 is 0. The Morgan fingerprint density at radius 1 is 1.36 bits per heavy atom. The fourth-order valence-electron chi connectivity index (χ4n) is 0.776. The molecule has 0 aromatic carbocycles. The van der Waals surface area contributed by atoms with E-state index < -0.39 is 12.3 Å². The highest BCUT2D eigenvalue weighted by Crippen LogP contribution is 2.23. The van der Waals surface area contributed by atoms with E-state index in [0.717, 1.165) is 0 Å². The molecule has 0 aromatic heterocycles. The van der Waals surface area contributed by atoms with Crippen LogP contribution in [-0.2, 0) is 4.74 Å². The monoisotopic (exact) mass is 191 g/mol. The quantitative estimate of drug-likeness (QED) is 0.616. The largest absolute Gasteiger partial charge is 0.415 e. The molecule has 0 unspecified atom stereocenters. The highest BCUT2D eigenvalue weighted by molar-refractivity contribution is 5.85. The van der Waals surface area contributed by atoms with Gasteiger partial charge in [0.2, 0.25) is 0 Å². The molecule has 1 saturated heterocycles. The third-order valence-electron chi connectivity index (χ3n) is 1.29. The Bertz CT molecular complexity index is 113. The van der Waals surface area contributed by atoms with Crippen molar-refractivity contribution in [2.45, 2.75) is 12.3 Å². The van der Waals surface area contributed by atoms with Gasteiger partial charge in [-0.15, -0.1) is 12.4 Å². The molecule has 0 aliphatic carbocycles. The van der Waals surface area contributed by atoms with Gasteiger partial charge in [0.05, 0.1) is 6.61 Å². The first kappa shape index (κ1) is 11.0. The predicted octanol–water partition coefficient (Wildman–Crippen LogP) is 0.959. The number of hydrogen-bond donors (Lipinski definition) is 1. The van der Waals surface area contributed by atoms with Crippen LogP contribution in [-0.4, -0.2) is 32.0 Å². The topological polar surface area (TPSA) is 21.3 Å². The number of hydrogen-bond acceptors (Lipinski definition) is 2. The van der Waals surface area contributed by atoms with Crippen molar-refractivity contribution >= 4 is 12.4 Å². The van der Waals surface area contributed by atoms with Gasteiger partial charge in [0.1, 0.15) is 0 Å². The van der Waals surface area contributed by atoms with E-state index in [1.54, 1.807) is 0 Å². The molecule has 0 spiro atoms. The maximum Gasteiger partial charge on any atom is 0.415 e. The molecule has 1 aliphatic rings. The van der Waals surface area contributed by atoms with E-state index in [2.05, 4.69) is 10.1 Å². The molecule has 1 atom stereocenters. The Morgan fingerprint density at radius 2 is 2.00 bits per heavy atom. The minimum Gasteiger partial charge on any atom is -0.366 e. The summed E-state index contributed by atoms with van der Waals surface area (Å²) in [5.74, 6) is 0. The Balaban J connectivity index is 0.000001000. The van der Waals surface area contributed by atoms with Crippen molar-refractivity contribution < 1.29 is 17.9 Å². The summed E-state index contributed by atoms with van der Waals surface area (Å²) in [6, 6.07) is 0. The molecule has 1 aliphatic heterocycles. The van der Waals surface area contributed by atoms with Crippen molar-refractivity contribution in [3.63, 3.8) is 0 Å². The summed E-state index contributed by atoms with van der Waals surface area (Å²) in [5, 5.41) is 2.60. The second-order valence-electron chi connectivity index (χ2n) is 2.11. The zero-order valence-corrected chi connectivity index (χ0v) is 6.47. The van der Waals surface area contributed by atoms with Crippen molar-refractivity contribution in [1.29, 1.82) is 0 Å². The fourth-order valence-corrected chi connectivity index (χ4v) is 0.776. The minimum atomic E-state index is -4.21. The van der Waals surface area contributed by atoms with Crippen LogP contribution in [0.3, 0.4) is 0 Å². The summed E-state index contributed by atoms with van der Waals surface area (Å²) in [6.45, 7) is 0.528. The highest BCUT2D eigenvalue weighted by Gasteiger charge is 2.41. The summed E-state index contributed by atoms with van der Waals surface area (Å²) < 4.78 is 39.8. The van der Waals surface area contributed by atoms with Gasteiger partial charge in [-0.05, 0) is 0 Å². The molecule has 6 heteroatoms. The van der Waals surface area contributed by atoms with Crippen molar-refractivity contribution in [2.24, 2.45) is 0 Å². The van der Waals surface area contributed by atoms with Crippen LogP contribution in [0, 0.1) is 0 Å². The summed E-state index contributed by atoms with van der Waals surface area (Å²) in [4.78, 5) is 0. The van der Waals surface area contributed by atoms with Gasteiger partial charge in [0.25, 0.3) is 0 Å². The normalized spacial score (nSPS) is 25.9. The third-order valence-corrected chi connectivity index (χ3v) is 1.29. The molecule has 11 heavy (non-hydrogen) atoms. The van der Waals surface area contributed by atoms with Gasteiger partial charge in [-0.2, -0.15) is 13.2 Å². The zero-order valence-electron chi connectivity index (χ0n) is 5.65. The first-order valence-electron chi connectivity index (χ1n) is 3.00. The van der Waals surface area contributed by atoms with Gasteiger partial charge >= 0.3 is 6.18 Å². The number of alkyl halides is 3. The molecule has 1 N–H and O–H groups in total. The smallest absolute Gasteiger partial charge is 0.366 e. The van der Waals surface area contributed by atoms with E-state index in [4.69, 9.17) is 0 Å². The molecular formula is C5H9ClF3NO. The number of morpholine rings is 1. The Labute approximate surface area is 68.5 Å². The van der Waals surface area contributed by atoms with Crippen LogP contribution in [0.1, 0.15) is 0 Å². The van der Waals surface area contributed by atoms with Crippen LogP contribution in [0.25, 0.3) is 0 Å². The third kappa shape index (κ3) is 3.27. The van der Waals surface area contributed by atoms with E-state index in [1.165, 1.54) is 0 Å². The molecule has 1 fully saturated rings. The van der Waals surface area contributed by atoms with Crippen LogP contribution < -0.4 is 5.32 Å². The molecule has 1 rings (SSSR count). The average Bonchev–Trinajstić information content (AvgIpc) is 1.88. The summed E-state index contributed by atoms with van der Waals surface area (Å²) in [5.41, 5.74) is 0. The Kier molecular flexibility index (Phi) is 4.13. The highest BCUT2D eigenvalue weighted by atomic mass is 35.5. The van der Waals surface area contributed by atoms with Crippen molar-refractivity contribution in [3.05, 3.63) is 0 Å². The van der Waals surface area contributed by atoms with Crippen molar-refractivity contribution in [1.82, 2.24) is 5.32 Å². The Morgan fingerprint density at radius 3 is 2.27 bits per heavy atom. The minimum absolute atomic E-state index is 0. The van der Waals surface area contributed by atoms with Gasteiger partial charge in [-0.3, -0.25) is 0 Å². The van der Waals surface area contributed by atoms with E-state index >= 15 is 0 Å². The molecule has 68 valence electrons. The van der Waals surface area contributed by atoms with Gasteiger partial charge in [0, 0.05) is 13.1 Å². The summed E-state index contributed by atoms with van der Waals surface area (Å²) in [6.07, 6.45) is -5.82. The second kappa shape index (κ2) is 4.13.